The molecule has 1 unspecified atom stereocenters. The Morgan fingerprint density at radius 3 is 2.37 bits per heavy atom. The number of aromatic nitrogens is 1. The maximum Gasteiger partial charge on any atom is 0.416 e. The highest BCUT2D eigenvalue weighted by Crippen LogP contribution is 2.33. The zero-order valence-electron chi connectivity index (χ0n) is 19.3. The van der Waals surface area contributed by atoms with E-state index >= 15 is 0 Å². The van der Waals surface area contributed by atoms with Crippen molar-refractivity contribution in [2.24, 2.45) is 0 Å². The minimum absolute atomic E-state index is 0.135. The number of hydrogen-bond acceptors (Lipinski definition) is 2. The van der Waals surface area contributed by atoms with Crippen LogP contribution in [-0.4, -0.2) is 45.9 Å². The zero-order chi connectivity index (χ0) is 25.0. The van der Waals surface area contributed by atoms with E-state index in [4.69, 9.17) is 0 Å². The van der Waals surface area contributed by atoms with Gasteiger partial charge in [0.15, 0.2) is 0 Å². The molecule has 0 radical (unpaired) electrons. The van der Waals surface area contributed by atoms with Crippen molar-refractivity contribution >= 4 is 17.6 Å². The summed E-state index contributed by atoms with van der Waals surface area (Å²) < 4.78 is 40.6. The third kappa shape index (κ3) is 5.50. The number of benzene rings is 2. The number of carbonyl (C=O) groups excluding carboxylic acids is 2. The number of fused-ring (bicyclic) bond motifs is 1. The van der Waals surface area contributed by atoms with Gasteiger partial charge in [-0.25, -0.2) is 4.79 Å². The van der Waals surface area contributed by atoms with E-state index in [0.29, 0.717) is 26.1 Å². The van der Waals surface area contributed by atoms with Crippen LogP contribution in [0.3, 0.4) is 0 Å². The first-order valence-corrected chi connectivity index (χ1v) is 11.5. The van der Waals surface area contributed by atoms with Gasteiger partial charge in [0, 0.05) is 37.2 Å². The Balaban J connectivity index is 1.50. The number of nitrogens with zero attached hydrogens (tertiary/aromatic N) is 3. The van der Waals surface area contributed by atoms with Gasteiger partial charge in [-0.2, -0.15) is 13.2 Å². The normalized spacial score (nSPS) is 15.4. The molecule has 3 aromatic rings. The lowest BCUT2D eigenvalue weighted by Crippen LogP contribution is -2.48. The molecule has 0 fully saturated rings. The quantitative estimate of drug-likeness (QED) is 0.511. The summed E-state index contributed by atoms with van der Waals surface area (Å²) in [5, 5.41) is 2.61. The molecule has 1 aliphatic heterocycles. The van der Waals surface area contributed by atoms with Crippen molar-refractivity contribution in [2.45, 2.75) is 32.1 Å². The lowest BCUT2D eigenvalue weighted by Gasteiger charge is -2.38. The van der Waals surface area contributed by atoms with E-state index < -0.39 is 17.8 Å². The minimum Gasteiger partial charge on any atom is -0.348 e. The highest BCUT2D eigenvalue weighted by molar-refractivity contribution is 5.92. The summed E-state index contributed by atoms with van der Waals surface area (Å²) in [6.07, 6.45) is -1.83. The highest BCUT2D eigenvalue weighted by atomic mass is 19.4. The molecule has 1 aliphatic rings. The summed E-state index contributed by atoms with van der Waals surface area (Å²) in [5.74, 6) is -0.192. The molecule has 3 amide bonds. The molecule has 2 heterocycles. The first-order valence-electron chi connectivity index (χ1n) is 11.5. The number of urea groups is 1. The standard InChI is InChI=1S/C26H27F3N4O2/c1-2-14-32(25(35)30-21-12-10-20(11-13-21)26(27,28)29)18-23(34)33-17-16-31-15-6-9-22(31)24(33)19-7-4-3-5-8-19/h3-13,15,24H,2,14,16-18H2,1H3,(H,30,35). The van der Waals surface area contributed by atoms with Gasteiger partial charge in [0.1, 0.15) is 6.54 Å². The molecule has 0 aliphatic carbocycles. The largest absolute Gasteiger partial charge is 0.416 e. The van der Waals surface area contributed by atoms with E-state index in [1.165, 1.54) is 17.0 Å². The van der Waals surface area contributed by atoms with Crippen molar-refractivity contribution in [3.63, 3.8) is 0 Å². The lowest BCUT2D eigenvalue weighted by atomic mass is 10.00. The van der Waals surface area contributed by atoms with Crippen LogP contribution in [0.2, 0.25) is 0 Å². The summed E-state index contributed by atoms with van der Waals surface area (Å²) >= 11 is 0. The monoisotopic (exact) mass is 484 g/mol. The predicted octanol–water partition coefficient (Wildman–Crippen LogP) is 5.38. The molecule has 6 nitrogen and oxygen atoms in total. The van der Waals surface area contributed by atoms with Crippen LogP contribution in [0.5, 0.6) is 0 Å². The number of rotatable bonds is 6. The fourth-order valence-corrected chi connectivity index (χ4v) is 4.36. The van der Waals surface area contributed by atoms with Crippen molar-refractivity contribution in [3.05, 3.63) is 89.7 Å². The molecule has 1 N–H and O–H groups in total. The van der Waals surface area contributed by atoms with Gasteiger partial charge >= 0.3 is 12.2 Å². The van der Waals surface area contributed by atoms with Gasteiger partial charge in [-0.05, 0) is 48.4 Å². The Hall–Kier alpha value is -3.75. The van der Waals surface area contributed by atoms with E-state index in [0.717, 1.165) is 23.4 Å². The van der Waals surface area contributed by atoms with Crippen LogP contribution in [-0.2, 0) is 17.5 Å². The Bertz CT molecular complexity index is 1160. The predicted molar refractivity (Wildman–Crippen MR) is 127 cm³/mol. The molecule has 0 saturated carbocycles. The summed E-state index contributed by atoms with van der Waals surface area (Å²) in [6.45, 7) is 3.25. The van der Waals surface area contributed by atoms with E-state index in [9.17, 15) is 22.8 Å². The van der Waals surface area contributed by atoms with Gasteiger partial charge < -0.3 is 19.7 Å². The first-order chi connectivity index (χ1) is 16.8. The Morgan fingerprint density at radius 2 is 1.71 bits per heavy atom. The molecule has 0 saturated heterocycles. The number of nitrogens with one attached hydrogen (secondary N) is 1. The number of alkyl halides is 3. The Kier molecular flexibility index (Phi) is 7.14. The molecule has 184 valence electrons. The van der Waals surface area contributed by atoms with Crippen LogP contribution < -0.4 is 5.32 Å². The molecular weight excluding hydrogens is 457 g/mol. The second kappa shape index (κ2) is 10.2. The molecular formula is C26H27F3N4O2. The van der Waals surface area contributed by atoms with E-state index in [-0.39, 0.29) is 24.2 Å². The van der Waals surface area contributed by atoms with Gasteiger partial charge in [0.05, 0.1) is 11.6 Å². The fraction of sp³-hybridized carbons (Fsp3) is 0.308. The zero-order valence-corrected chi connectivity index (χ0v) is 19.3. The van der Waals surface area contributed by atoms with Crippen LogP contribution in [0.1, 0.15) is 36.2 Å². The molecule has 2 aromatic carbocycles. The molecule has 4 rings (SSSR count). The second-order valence-corrected chi connectivity index (χ2v) is 8.45. The number of carbonyl (C=O) groups is 2. The van der Waals surface area contributed by atoms with Gasteiger partial charge in [-0.1, -0.05) is 37.3 Å². The topological polar surface area (TPSA) is 57.6 Å². The lowest BCUT2D eigenvalue weighted by molar-refractivity contribution is -0.137. The van der Waals surface area contributed by atoms with Crippen molar-refractivity contribution in [1.29, 1.82) is 0 Å². The van der Waals surface area contributed by atoms with Crippen molar-refractivity contribution in [1.82, 2.24) is 14.4 Å². The first kappa shape index (κ1) is 24.4. The third-order valence-corrected chi connectivity index (χ3v) is 6.04. The SMILES string of the molecule is CCCN(CC(=O)N1CCn2cccc2C1c1ccccc1)C(=O)Nc1ccc(C(F)(F)F)cc1. The minimum atomic E-state index is -4.45. The summed E-state index contributed by atoms with van der Waals surface area (Å²) in [5.41, 5.74) is 1.43. The van der Waals surface area contributed by atoms with Crippen LogP contribution in [0.15, 0.2) is 72.9 Å². The summed E-state index contributed by atoms with van der Waals surface area (Å²) in [6, 6.07) is 17.1. The third-order valence-electron chi connectivity index (χ3n) is 6.04. The maximum absolute atomic E-state index is 13.5. The van der Waals surface area contributed by atoms with Gasteiger partial charge in [-0.15, -0.1) is 0 Å². The van der Waals surface area contributed by atoms with Crippen molar-refractivity contribution < 1.29 is 22.8 Å². The van der Waals surface area contributed by atoms with Crippen LogP contribution in [0.4, 0.5) is 23.7 Å². The number of halogens is 3. The van der Waals surface area contributed by atoms with Crippen LogP contribution in [0.25, 0.3) is 0 Å². The number of anilines is 1. The smallest absolute Gasteiger partial charge is 0.348 e. The molecule has 1 atom stereocenters. The van der Waals surface area contributed by atoms with Crippen molar-refractivity contribution in [2.75, 3.05) is 25.0 Å². The maximum atomic E-state index is 13.5. The fourth-order valence-electron chi connectivity index (χ4n) is 4.36. The summed E-state index contributed by atoms with van der Waals surface area (Å²) in [7, 11) is 0. The molecule has 1 aromatic heterocycles. The number of amides is 3. The number of hydrogen-bond donors (Lipinski definition) is 1. The van der Waals surface area contributed by atoms with Crippen LogP contribution in [0, 0.1) is 0 Å². The molecule has 35 heavy (non-hydrogen) atoms. The summed E-state index contributed by atoms with van der Waals surface area (Å²) in [4.78, 5) is 29.6. The van der Waals surface area contributed by atoms with E-state index in [1.807, 2.05) is 55.6 Å². The van der Waals surface area contributed by atoms with E-state index in [2.05, 4.69) is 9.88 Å². The molecule has 0 bridgehead atoms. The van der Waals surface area contributed by atoms with Crippen LogP contribution >= 0.6 is 0 Å². The van der Waals surface area contributed by atoms with Gasteiger partial charge in [-0.3, -0.25) is 4.79 Å². The Labute approximate surface area is 201 Å². The Morgan fingerprint density at radius 1 is 1.00 bits per heavy atom. The van der Waals surface area contributed by atoms with Crippen molar-refractivity contribution in [3.8, 4) is 0 Å². The molecule has 0 spiro atoms. The second-order valence-electron chi connectivity index (χ2n) is 8.45. The highest BCUT2D eigenvalue weighted by Gasteiger charge is 2.33. The van der Waals surface area contributed by atoms with Gasteiger partial charge in [0.2, 0.25) is 5.91 Å². The average Bonchev–Trinajstić information content (AvgIpc) is 3.32. The van der Waals surface area contributed by atoms with E-state index in [1.54, 1.807) is 4.90 Å². The van der Waals surface area contributed by atoms with Gasteiger partial charge in [0.25, 0.3) is 0 Å². The average molecular weight is 485 g/mol. The molecule has 9 heteroatoms.